The fourth-order valence-corrected chi connectivity index (χ4v) is 2.99. The van der Waals surface area contributed by atoms with E-state index in [9.17, 15) is 23.4 Å². The van der Waals surface area contributed by atoms with Gasteiger partial charge in [-0.2, -0.15) is 0 Å². The first-order chi connectivity index (χ1) is 11.2. The zero-order valence-electron chi connectivity index (χ0n) is 13.4. The highest BCUT2D eigenvalue weighted by Crippen LogP contribution is 2.27. The van der Waals surface area contributed by atoms with E-state index in [0.29, 0.717) is 6.42 Å². The molecule has 0 aromatic heterocycles. The summed E-state index contributed by atoms with van der Waals surface area (Å²) < 4.78 is 23.0. The van der Waals surface area contributed by atoms with E-state index in [1.807, 2.05) is 6.92 Å². The van der Waals surface area contributed by atoms with Gasteiger partial charge in [0.25, 0.3) is 5.91 Å². The van der Waals surface area contributed by atoms with Crippen LogP contribution in [-0.4, -0.2) is 30.8 Å². The molecule has 0 aliphatic rings. The summed E-state index contributed by atoms with van der Waals surface area (Å²) in [7, 11) is -3.28. The number of sulfone groups is 1. The van der Waals surface area contributed by atoms with E-state index in [4.69, 9.17) is 0 Å². The number of carbonyl (C=O) groups is 1. The molecule has 0 heterocycles. The third-order valence-electron chi connectivity index (χ3n) is 3.67. The Labute approximate surface area is 140 Å². The summed E-state index contributed by atoms with van der Waals surface area (Å²) in [5.74, 6) is -1.23. The Kier molecular flexibility index (Phi) is 5.14. The van der Waals surface area contributed by atoms with Crippen molar-refractivity contribution in [3.8, 4) is 11.5 Å². The van der Waals surface area contributed by atoms with Crippen molar-refractivity contribution < 1.29 is 23.4 Å². The number of aromatic hydroxyl groups is 2. The summed E-state index contributed by atoms with van der Waals surface area (Å²) in [4.78, 5) is 12.5. The van der Waals surface area contributed by atoms with Crippen LogP contribution in [0.5, 0.6) is 11.5 Å². The van der Waals surface area contributed by atoms with E-state index >= 15 is 0 Å². The van der Waals surface area contributed by atoms with Gasteiger partial charge in [-0.05, 0) is 36.2 Å². The highest BCUT2D eigenvalue weighted by atomic mass is 32.2. The number of phenols is 2. The molecule has 0 saturated carbocycles. The normalized spacial score (nSPS) is 12.6. The number of rotatable bonds is 5. The predicted molar refractivity (Wildman–Crippen MR) is 89.8 cm³/mol. The number of benzene rings is 2. The molecular formula is C17H19NO5S. The van der Waals surface area contributed by atoms with Gasteiger partial charge in [0.1, 0.15) is 17.1 Å². The van der Waals surface area contributed by atoms with Crippen LogP contribution in [0.15, 0.2) is 47.4 Å². The fraction of sp³-hybridized carbons (Fsp3) is 0.235. The van der Waals surface area contributed by atoms with Gasteiger partial charge in [0.05, 0.1) is 10.9 Å². The summed E-state index contributed by atoms with van der Waals surface area (Å²) in [5, 5.41) is 22.2. The minimum absolute atomic E-state index is 0.191. The molecule has 0 aliphatic carbocycles. The van der Waals surface area contributed by atoms with Gasteiger partial charge in [-0.15, -0.1) is 0 Å². The van der Waals surface area contributed by atoms with Crippen molar-refractivity contribution in [1.82, 2.24) is 5.32 Å². The van der Waals surface area contributed by atoms with Gasteiger partial charge < -0.3 is 15.5 Å². The molecule has 0 fully saturated rings. The van der Waals surface area contributed by atoms with Crippen LogP contribution in [0, 0.1) is 0 Å². The standard InChI is InChI=1S/C17H19NO5S/c1-3-13(11-7-9-12(10-8-11)24(2,22)23)18-17(21)16-14(19)5-4-6-15(16)20/h4-10,13,19-20H,3H2,1-2H3,(H,18,21)/t13-/m0/s1. The SMILES string of the molecule is CC[C@H](NC(=O)c1c(O)cccc1O)c1ccc(S(C)(=O)=O)cc1. The molecule has 0 unspecified atom stereocenters. The van der Waals surface area contributed by atoms with Crippen molar-refractivity contribution in [2.75, 3.05) is 6.26 Å². The van der Waals surface area contributed by atoms with Crippen molar-refractivity contribution in [2.45, 2.75) is 24.3 Å². The number of hydrogen-bond acceptors (Lipinski definition) is 5. The summed E-state index contributed by atoms with van der Waals surface area (Å²) in [6.07, 6.45) is 1.68. The number of phenolic OH excluding ortho intramolecular Hbond substituents is 2. The minimum Gasteiger partial charge on any atom is -0.507 e. The lowest BCUT2D eigenvalue weighted by Crippen LogP contribution is -2.28. The van der Waals surface area contributed by atoms with Gasteiger partial charge in [-0.1, -0.05) is 25.1 Å². The highest BCUT2D eigenvalue weighted by molar-refractivity contribution is 7.90. The number of hydrogen-bond donors (Lipinski definition) is 3. The maximum Gasteiger partial charge on any atom is 0.259 e. The molecule has 0 spiro atoms. The van der Waals surface area contributed by atoms with E-state index < -0.39 is 15.7 Å². The van der Waals surface area contributed by atoms with Gasteiger partial charge >= 0.3 is 0 Å². The minimum atomic E-state index is -3.28. The number of nitrogens with one attached hydrogen (secondary N) is 1. The zero-order chi connectivity index (χ0) is 17.9. The maximum atomic E-state index is 12.3. The quantitative estimate of drug-likeness (QED) is 0.769. The topological polar surface area (TPSA) is 104 Å². The molecule has 24 heavy (non-hydrogen) atoms. The second-order valence-electron chi connectivity index (χ2n) is 5.45. The molecule has 0 saturated heterocycles. The Morgan fingerprint density at radius 3 is 2.08 bits per heavy atom. The van der Waals surface area contributed by atoms with Crippen LogP contribution in [0.25, 0.3) is 0 Å². The lowest BCUT2D eigenvalue weighted by molar-refractivity contribution is 0.0930. The van der Waals surface area contributed by atoms with Crippen LogP contribution in [-0.2, 0) is 9.84 Å². The molecule has 2 rings (SSSR count). The predicted octanol–water partition coefficient (Wildman–Crippen LogP) is 2.38. The van der Waals surface area contributed by atoms with Gasteiger partial charge in [0, 0.05) is 6.26 Å². The molecule has 1 amide bonds. The first-order valence-corrected chi connectivity index (χ1v) is 9.25. The van der Waals surface area contributed by atoms with E-state index in [1.54, 1.807) is 12.1 Å². The molecule has 128 valence electrons. The van der Waals surface area contributed by atoms with Gasteiger partial charge in [0.15, 0.2) is 9.84 Å². The van der Waals surface area contributed by atoms with Gasteiger partial charge in [-0.3, -0.25) is 4.79 Å². The van der Waals surface area contributed by atoms with Gasteiger partial charge in [0.2, 0.25) is 0 Å². The van der Waals surface area contributed by atoms with Crippen molar-refractivity contribution >= 4 is 15.7 Å². The monoisotopic (exact) mass is 349 g/mol. The maximum absolute atomic E-state index is 12.3. The Morgan fingerprint density at radius 2 is 1.62 bits per heavy atom. The Hall–Kier alpha value is -2.54. The average molecular weight is 349 g/mol. The van der Waals surface area contributed by atoms with Crippen molar-refractivity contribution in [2.24, 2.45) is 0 Å². The van der Waals surface area contributed by atoms with Crippen LogP contribution in [0.4, 0.5) is 0 Å². The van der Waals surface area contributed by atoms with Crippen LogP contribution in [0.2, 0.25) is 0 Å². The smallest absolute Gasteiger partial charge is 0.259 e. The van der Waals surface area contributed by atoms with E-state index in [0.717, 1.165) is 11.8 Å². The Balaban J connectivity index is 2.25. The lowest BCUT2D eigenvalue weighted by Gasteiger charge is -2.18. The molecule has 3 N–H and O–H groups in total. The summed E-state index contributed by atoms with van der Waals surface area (Å²) >= 11 is 0. The van der Waals surface area contributed by atoms with Crippen LogP contribution in [0.3, 0.4) is 0 Å². The van der Waals surface area contributed by atoms with E-state index in [2.05, 4.69) is 5.32 Å². The third-order valence-corrected chi connectivity index (χ3v) is 4.80. The number of amides is 1. The van der Waals surface area contributed by atoms with Gasteiger partial charge in [-0.25, -0.2) is 8.42 Å². The highest BCUT2D eigenvalue weighted by Gasteiger charge is 2.20. The average Bonchev–Trinajstić information content (AvgIpc) is 2.51. The van der Waals surface area contributed by atoms with E-state index in [1.165, 1.54) is 30.3 Å². The number of carbonyl (C=O) groups excluding carboxylic acids is 1. The van der Waals surface area contributed by atoms with Crippen LogP contribution < -0.4 is 5.32 Å². The van der Waals surface area contributed by atoms with Crippen molar-refractivity contribution in [1.29, 1.82) is 0 Å². The zero-order valence-corrected chi connectivity index (χ0v) is 14.2. The summed E-state index contributed by atoms with van der Waals surface area (Å²) in [6.45, 7) is 1.86. The molecule has 2 aromatic rings. The first-order valence-electron chi connectivity index (χ1n) is 7.36. The molecule has 0 bridgehead atoms. The lowest BCUT2D eigenvalue weighted by atomic mass is 10.0. The second-order valence-corrected chi connectivity index (χ2v) is 7.46. The molecule has 1 atom stereocenters. The molecule has 0 radical (unpaired) electrons. The Morgan fingerprint density at radius 1 is 1.08 bits per heavy atom. The Bertz CT molecular complexity index is 824. The van der Waals surface area contributed by atoms with Crippen LogP contribution in [0.1, 0.15) is 35.3 Å². The molecular weight excluding hydrogens is 330 g/mol. The molecule has 6 nitrogen and oxygen atoms in total. The summed E-state index contributed by atoms with van der Waals surface area (Å²) in [5.41, 5.74) is 0.539. The molecule has 0 aliphatic heterocycles. The van der Waals surface area contributed by atoms with Crippen molar-refractivity contribution in [3.05, 3.63) is 53.6 Å². The third kappa shape index (κ3) is 3.86. The fourth-order valence-electron chi connectivity index (χ4n) is 2.36. The first kappa shape index (κ1) is 17.8. The molecule has 7 heteroatoms. The van der Waals surface area contributed by atoms with Crippen LogP contribution >= 0.6 is 0 Å². The van der Waals surface area contributed by atoms with E-state index in [-0.39, 0.29) is 28.0 Å². The summed E-state index contributed by atoms with van der Waals surface area (Å²) in [6, 6.07) is 9.92. The van der Waals surface area contributed by atoms with Crippen molar-refractivity contribution in [3.63, 3.8) is 0 Å². The second kappa shape index (κ2) is 6.92. The largest absolute Gasteiger partial charge is 0.507 e. The molecule has 2 aromatic carbocycles.